The van der Waals surface area contributed by atoms with Gasteiger partial charge in [-0.25, -0.2) is 17.6 Å². The highest BCUT2D eigenvalue weighted by Gasteiger charge is 2.49. The maximum atomic E-state index is 14.9. The molecule has 0 N–H and O–H groups in total. The Kier molecular flexibility index (Phi) is 6.97. The van der Waals surface area contributed by atoms with Gasteiger partial charge in [0.2, 0.25) is 10.0 Å². The van der Waals surface area contributed by atoms with Gasteiger partial charge in [-0.2, -0.15) is 4.31 Å². The number of hydrogen-bond acceptors (Lipinski definition) is 6. The Morgan fingerprint density at radius 2 is 1.89 bits per heavy atom. The van der Waals surface area contributed by atoms with Crippen LogP contribution >= 0.6 is 11.6 Å². The predicted molar refractivity (Wildman–Crippen MR) is 138 cm³/mol. The molecule has 2 atom stereocenters. The fourth-order valence-corrected chi connectivity index (χ4v) is 6.87. The van der Waals surface area contributed by atoms with Crippen molar-refractivity contribution in [2.75, 3.05) is 24.7 Å². The molecule has 0 fully saturated rings. The van der Waals surface area contributed by atoms with Gasteiger partial charge < -0.3 is 14.4 Å². The molecule has 3 aromatic carbocycles. The van der Waals surface area contributed by atoms with Gasteiger partial charge in [-0.1, -0.05) is 54.9 Å². The van der Waals surface area contributed by atoms with Crippen molar-refractivity contribution in [1.29, 1.82) is 0 Å². The largest absolute Gasteiger partial charge is 0.425 e. The van der Waals surface area contributed by atoms with Gasteiger partial charge in [0, 0.05) is 23.0 Å². The third-order valence-electron chi connectivity index (χ3n) is 6.80. The van der Waals surface area contributed by atoms with Gasteiger partial charge in [-0.15, -0.1) is 0 Å². The quantitative estimate of drug-likeness (QED) is 0.250. The van der Waals surface area contributed by atoms with E-state index >= 15 is 0 Å². The zero-order chi connectivity index (χ0) is 26.3. The third-order valence-corrected chi connectivity index (χ3v) is 8.89. The number of sulfonamides is 1. The minimum atomic E-state index is -4.13. The lowest BCUT2D eigenvalue weighted by atomic mass is 9.88. The average Bonchev–Trinajstić information content (AvgIpc) is 2.86. The summed E-state index contributed by atoms with van der Waals surface area (Å²) in [6.07, 6.45) is 0. The number of ether oxygens (including phenoxy) is 2. The van der Waals surface area contributed by atoms with Crippen molar-refractivity contribution in [3.8, 4) is 5.75 Å². The zero-order valence-corrected chi connectivity index (χ0v) is 21.9. The van der Waals surface area contributed by atoms with E-state index < -0.39 is 33.8 Å². The summed E-state index contributed by atoms with van der Waals surface area (Å²) in [6.45, 7) is 4.26. The Labute approximate surface area is 220 Å². The lowest BCUT2D eigenvalue weighted by Crippen LogP contribution is -2.57. The van der Waals surface area contributed by atoms with Gasteiger partial charge in [-0.3, -0.25) is 0 Å². The number of fused-ring (bicyclic) bond motifs is 2. The van der Waals surface area contributed by atoms with Crippen LogP contribution in [0.2, 0.25) is 5.02 Å². The second-order valence-electron chi connectivity index (χ2n) is 9.21. The summed E-state index contributed by atoms with van der Waals surface area (Å²) in [7, 11) is -4.13. The normalized spacial score (nSPS) is 20.8. The van der Waals surface area contributed by atoms with Crippen molar-refractivity contribution in [2.24, 2.45) is 0 Å². The molecular weight excluding hydrogens is 519 g/mol. The van der Waals surface area contributed by atoms with Crippen LogP contribution in [0.4, 0.5) is 10.1 Å². The van der Waals surface area contributed by atoms with Crippen molar-refractivity contribution >= 4 is 33.3 Å². The second kappa shape index (κ2) is 10.1. The smallest absolute Gasteiger partial charge is 0.330 e. The Morgan fingerprint density at radius 3 is 2.65 bits per heavy atom. The number of anilines is 1. The van der Waals surface area contributed by atoms with Crippen molar-refractivity contribution in [1.82, 2.24) is 4.31 Å². The molecule has 0 bridgehead atoms. The molecular formula is C27H26ClFN2O5S. The van der Waals surface area contributed by atoms with Crippen molar-refractivity contribution in [3.63, 3.8) is 0 Å². The van der Waals surface area contributed by atoms with Crippen molar-refractivity contribution in [3.05, 3.63) is 88.2 Å². The number of halogens is 2. The topological polar surface area (TPSA) is 76.2 Å². The number of hydrogen-bond donors (Lipinski definition) is 0. The first-order chi connectivity index (χ1) is 17.7. The van der Waals surface area contributed by atoms with Gasteiger partial charge in [0.05, 0.1) is 25.6 Å². The summed E-state index contributed by atoms with van der Waals surface area (Å²) in [6, 6.07) is 15.8. The highest BCUT2D eigenvalue weighted by molar-refractivity contribution is 7.89. The lowest BCUT2D eigenvalue weighted by molar-refractivity contribution is -0.141. The molecule has 0 radical (unpaired) electrons. The predicted octanol–water partition coefficient (Wildman–Crippen LogP) is 4.86. The zero-order valence-electron chi connectivity index (χ0n) is 20.4. The fraction of sp³-hybridized carbons (Fsp3) is 0.296. The van der Waals surface area contributed by atoms with Crippen LogP contribution in [-0.4, -0.2) is 44.6 Å². The van der Waals surface area contributed by atoms with E-state index in [4.69, 9.17) is 21.1 Å². The third kappa shape index (κ3) is 4.72. The number of rotatable bonds is 6. The van der Waals surface area contributed by atoms with E-state index in [1.807, 2.05) is 30.3 Å². The molecule has 5 rings (SSSR count). The standard InChI is InChI=1S/C27H26ClFN2O5S/c1-17-8-10-21(29)24-18(2)25(27(32)36-26(17)24)31-16-30(12-13-35-15-19-6-4-3-5-7-19)22-14-20(28)9-11-23(22)37(31,33)34/h3-11,14,18,25H,12-13,15-16H2,1-2H3/t18-,25+/m1/s1. The van der Waals surface area contributed by atoms with Gasteiger partial charge in [-0.05, 0) is 42.3 Å². The molecule has 2 aliphatic heterocycles. The van der Waals surface area contributed by atoms with Gasteiger partial charge in [0.1, 0.15) is 22.5 Å². The van der Waals surface area contributed by atoms with E-state index in [1.165, 1.54) is 24.3 Å². The Bertz CT molecular complexity index is 1450. The van der Waals surface area contributed by atoms with Crippen LogP contribution in [0, 0.1) is 12.7 Å². The summed E-state index contributed by atoms with van der Waals surface area (Å²) in [4.78, 5) is 15.0. The number of nitrogens with zero attached hydrogens (tertiary/aromatic N) is 2. The maximum Gasteiger partial charge on any atom is 0.330 e. The van der Waals surface area contributed by atoms with Crippen LogP contribution in [0.5, 0.6) is 5.75 Å². The molecule has 2 heterocycles. The van der Waals surface area contributed by atoms with Crippen molar-refractivity contribution < 1.29 is 27.1 Å². The molecule has 194 valence electrons. The van der Waals surface area contributed by atoms with Crippen LogP contribution in [0.3, 0.4) is 0 Å². The Hall–Kier alpha value is -2.98. The number of carbonyl (C=O) groups is 1. The van der Waals surface area contributed by atoms with Crippen LogP contribution in [0.25, 0.3) is 0 Å². The van der Waals surface area contributed by atoms with Crippen LogP contribution < -0.4 is 9.64 Å². The van der Waals surface area contributed by atoms with Gasteiger partial charge in [0.25, 0.3) is 0 Å². The van der Waals surface area contributed by atoms with Gasteiger partial charge in [0.15, 0.2) is 0 Å². The molecule has 0 unspecified atom stereocenters. The van der Waals surface area contributed by atoms with E-state index in [-0.39, 0.29) is 22.9 Å². The first-order valence-electron chi connectivity index (χ1n) is 11.9. The first kappa shape index (κ1) is 25.7. The van der Waals surface area contributed by atoms with Crippen LogP contribution in [0.1, 0.15) is 29.5 Å². The molecule has 0 aliphatic carbocycles. The fourth-order valence-electron chi connectivity index (χ4n) is 4.90. The molecule has 7 nitrogen and oxygen atoms in total. The molecule has 2 aliphatic rings. The summed E-state index contributed by atoms with van der Waals surface area (Å²) < 4.78 is 54.8. The highest BCUT2D eigenvalue weighted by Crippen LogP contribution is 2.44. The second-order valence-corrected chi connectivity index (χ2v) is 11.5. The van der Waals surface area contributed by atoms with Crippen LogP contribution in [0.15, 0.2) is 65.6 Å². The molecule has 0 saturated carbocycles. The Morgan fingerprint density at radius 1 is 1.14 bits per heavy atom. The molecule has 0 amide bonds. The van der Waals surface area contributed by atoms with E-state index in [0.717, 1.165) is 9.87 Å². The summed E-state index contributed by atoms with van der Waals surface area (Å²) in [5.41, 5.74) is 2.24. The highest BCUT2D eigenvalue weighted by atomic mass is 35.5. The molecule has 0 spiro atoms. The van der Waals surface area contributed by atoms with E-state index in [1.54, 1.807) is 24.8 Å². The number of aryl methyl sites for hydroxylation is 1. The molecule has 0 saturated heterocycles. The maximum absolute atomic E-state index is 14.9. The average molecular weight is 545 g/mol. The monoisotopic (exact) mass is 544 g/mol. The van der Waals surface area contributed by atoms with E-state index in [0.29, 0.717) is 36.0 Å². The summed E-state index contributed by atoms with van der Waals surface area (Å²) >= 11 is 6.21. The number of esters is 1. The van der Waals surface area contributed by atoms with Crippen LogP contribution in [-0.2, 0) is 26.2 Å². The first-order valence-corrected chi connectivity index (χ1v) is 13.7. The SMILES string of the molecule is Cc1ccc(F)c2c1OC(=O)[C@@H](N1CN(CCOCc3ccccc3)c3cc(Cl)ccc3S1(=O)=O)[C@@H]2C. The van der Waals surface area contributed by atoms with E-state index in [9.17, 15) is 17.6 Å². The molecule has 37 heavy (non-hydrogen) atoms. The lowest BCUT2D eigenvalue weighted by Gasteiger charge is -2.43. The summed E-state index contributed by atoms with van der Waals surface area (Å²) in [5.74, 6) is -1.90. The number of benzene rings is 3. The number of carbonyl (C=O) groups excluding carboxylic acids is 1. The van der Waals surface area contributed by atoms with E-state index in [2.05, 4.69) is 0 Å². The Balaban J connectivity index is 1.46. The summed E-state index contributed by atoms with van der Waals surface area (Å²) in [5, 5.41) is 0.384. The molecule has 0 aromatic heterocycles. The van der Waals surface area contributed by atoms with Crippen molar-refractivity contribution in [2.45, 2.75) is 37.3 Å². The van der Waals surface area contributed by atoms with Gasteiger partial charge >= 0.3 is 5.97 Å². The minimum absolute atomic E-state index is 0.0155. The molecule has 3 aromatic rings. The minimum Gasteiger partial charge on any atom is -0.425 e. The molecule has 10 heteroatoms.